The van der Waals surface area contributed by atoms with Crippen molar-refractivity contribution in [1.29, 1.82) is 0 Å². The van der Waals surface area contributed by atoms with E-state index in [4.69, 9.17) is 25.5 Å². The van der Waals surface area contributed by atoms with Gasteiger partial charge in [-0.2, -0.15) is 0 Å². The van der Waals surface area contributed by atoms with E-state index in [0.717, 1.165) is 12.8 Å². The second-order valence-corrected chi connectivity index (χ2v) is 5.97. The number of aliphatic hydroxyl groups is 7. The van der Waals surface area contributed by atoms with Gasteiger partial charge in [0, 0.05) is 11.8 Å². The molecule has 22 heavy (non-hydrogen) atoms. The SMILES string of the molecule is CCC(O)CC(O)CO.OCC(O)C1(C(O)CO)CCCC1. The van der Waals surface area contributed by atoms with E-state index < -0.39 is 29.8 Å². The number of hydrogen-bond donors (Lipinski definition) is 7. The van der Waals surface area contributed by atoms with Crippen molar-refractivity contribution in [1.82, 2.24) is 0 Å². The van der Waals surface area contributed by atoms with Gasteiger partial charge in [0.05, 0.1) is 44.2 Å². The minimum absolute atomic E-state index is 0.267. The van der Waals surface area contributed by atoms with E-state index >= 15 is 0 Å². The van der Waals surface area contributed by atoms with Gasteiger partial charge in [-0.3, -0.25) is 0 Å². The standard InChI is InChI=1S/C9H18O4.C6H14O3/c10-5-7(12)9(8(13)6-11)3-1-2-4-9;1-2-5(8)3-6(9)4-7/h7-8,10-13H,1-6H2;5-9H,2-4H2,1H3. The monoisotopic (exact) mass is 324 g/mol. The number of rotatable bonds is 8. The van der Waals surface area contributed by atoms with Crippen molar-refractivity contribution >= 4 is 0 Å². The van der Waals surface area contributed by atoms with Crippen LogP contribution in [0.15, 0.2) is 0 Å². The maximum absolute atomic E-state index is 9.59. The average Bonchev–Trinajstić information content (AvgIpc) is 3.04. The van der Waals surface area contributed by atoms with Crippen molar-refractivity contribution in [2.45, 2.75) is 69.9 Å². The fourth-order valence-corrected chi connectivity index (χ4v) is 2.84. The molecule has 7 nitrogen and oxygen atoms in total. The predicted octanol–water partition coefficient (Wildman–Crippen LogP) is -1.25. The fraction of sp³-hybridized carbons (Fsp3) is 1.00. The molecule has 0 aromatic carbocycles. The molecule has 1 aliphatic rings. The lowest BCUT2D eigenvalue weighted by Gasteiger charge is -2.36. The van der Waals surface area contributed by atoms with Crippen LogP contribution in [0.5, 0.6) is 0 Å². The molecule has 0 saturated heterocycles. The van der Waals surface area contributed by atoms with Gasteiger partial charge in [0.1, 0.15) is 0 Å². The zero-order valence-corrected chi connectivity index (χ0v) is 13.3. The van der Waals surface area contributed by atoms with Crippen LogP contribution in [0.1, 0.15) is 45.4 Å². The molecule has 0 amide bonds. The highest BCUT2D eigenvalue weighted by Gasteiger charge is 2.45. The topological polar surface area (TPSA) is 142 Å². The first-order valence-electron chi connectivity index (χ1n) is 7.92. The molecule has 0 bridgehead atoms. The van der Waals surface area contributed by atoms with Crippen LogP contribution in [0.4, 0.5) is 0 Å². The first-order chi connectivity index (χ1) is 10.4. The third-order valence-corrected chi connectivity index (χ3v) is 4.43. The van der Waals surface area contributed by atoms with Crippen LogP contribution in [0, 0.1) is 5.41 Å². The summed E-state index contributed by atoms with van der Waals surface area (Å²) in [5.41, 5.74) is -0.677. The Morgan fingerprint density at radius 3 is 1.55 bits per heavy atom. The highest BCUT2D eigenvalue weighted by Crippen LogP contribution is 2.43. The van der Waals surface area contributed by atoms with Gasteiger partial charge < -0.3 is 35.7 Å². The van der Waals surface area contributed by atoms with E-state index in [9.17, 15) is 10.2 Å². The molecule has 0 radical (unpaired) electrons. The van der Waals surface area contributed by atoms with Crippen LogP contribution in [0.2, 0.25) is 0 Å². The summed E-state index contributed by atoms with van der Waals surface area (Å²) in [5.74, 6) is 0. The van der Waals surface area contributed by atoms with Crippen molar-refractivity contribution in [2.75, 3.05) is 19.8 Å². The van der Waals surface area contributed by atoms with Crippen molar-refractivity contribution in [2.24, 2.45) is 5.41 Å². The highest BCUT2D eigenvalue weighted by molar-refractivity contribution is 4.95. The smallest absolute Gasteiger partial charge is 0.0852 e. The molecule has 0 aliphatic heterocycles. The molecule has 1 rings (SSSR count). The van der Waals surface area contributed by atoms with E-state index in [-0.39, 0.29) is 26.2 Å². The maximum Gasteiger partial charge on any atom is 0.0852 e. The molecule has 0 aromatic heterocycles. The highest BCUT2D eigenvalue weighted by atomic mass is 16.3. The van der Waals surface area contributed by atoms with Gasteiger partial charge in [0.2, 0.25) is 0 Å². The Morgan fingerprint density at radius 1 is 0.773 bits per heavy atom. The average molecular weight is 324 g/mol. The molecule has 7 heteroatoms. The van der Waals surface area contributed by atoms with E-state index in [1.54, 1.807) is 0 Å². The maximum atomic E-state index is 9.59. The molecule has 134 valence electrons. The van der Waals surface area contributed by atoms with Crippen molar-refractivity contribution < 1.29 is 35.7 Å². The molecule has 7 N–H and O–H groups in total. The quantitative estimate of drug-likeness (QED) is 0.296. The Bertz CT molecular complexity index is 249. The summed E-state index contributed by atoms with van der Waals surface area (Å²) in [5, 5.41) is 62.9. The second kappa shape index (κ2) is 11.3. The minimum Gasteiger partial charge on any atom is -0.394 e. The van der Waals surface area contributed by atoms with E-state index in [2.05, 4.69) is 0 Å². The number of hydrogen-bond acceptors (Lipinski definition) is 7. The lowest BCUT2D eigenvalue weighted by Crippen LogP contribution is -2.46. The first-order valence-corrected chi connectivity index (χ1v) is 7.92. The second-order valence-electron chi connectivity index (χ2n) is 5.97. The fourth-order valence-electron chi connectivity index (χ4n) is 2.84. The summed E-state index contributed by atoms with van der Waals surface area (Å²) in [6.07, 6.45) is 1.04. The van der Waals surface area contributed by atoms with Gasteiger partial charge in [-0.1, -0.05) is 19.8 Å². The van der Waals surface area contributed by atoms with Gasteiger partial charge >= 0.3 is 0 Å². The van der Waals surface area contributed by atoms with Crippen LogP contribution < -0.4 is 0 Å². The Kier molecular flexibility index (Phi) is 11.1. The van der Waals surface area contributed by atoms with Crippen molar-refractivity contribution in [3.63, 3.8) is 0 Å². The third-order valence-electron chi connectivity index (χ3n) is 4.43. The van der Waals surface area contributed by atoms with Gasteiger partial charge in [-0.05, 0) is 19.3 Å². The van der Waals surface area contributed by atoms with Gasteiger partial charge in [-0.25, -0.2) is 0 Å². The van der Waals surface area contributed by atoms with Crippen LogP contribution in [0.3, 0.4) is 0 Å². The molecule has 4 unspecified atom stereocenters. The Morgan fingerprint density at radius 2 is 1.23 bits per heavy atom. The van der Waals surface area contributed by atoms with Crippen molar-refractivity contribution in [3.05, 3.63) is 0 Å². The van der Waals surface area contributed by atoms with E-state index in [1.165, 1.54) is 0 Å². The predicted molar refractivity (Wildman–Crippen MR) is 81.1 cm³/mol. The zero-order chi connectivity index (χ0) is 17.2. The van der Waals surface area contributed by atoms with Crippen LogP contribution in [0.25, 0.3) is 0 Å². The molecule has 0 heterocycles. The Balaban J connectivity index is 0.000000433. The summed E-state index contributed by atoms with van der Waals surface area (Å²) in [4.78, 5) is 0. The van der Waals surface area contributed by atoms with E-state index in [0.29, 0.717) is 19.3 Å². The van der Waals surface area contributed by atoms with Gasteiger partial charge in [0.15, 0.2) is 0 Å². The molecule has 0 spiro atoms. The van der Waals surface area contributed by atoms with Crippen LogP contribution in [-0.4, -0.2) is 80.0 Å². The van der Waals surface area contributed by atoms with Crippen LogP contribution in [-0.2, 0) is 0 Å². The summed E-state index contributed by atoms with van der Waals surface area (Å²) in [6.45, 7) is 0.861. The molecule has 1 aliphatic carbocycles. The zero-order valence-electron chi connectivity index (χ0n) is 13.3. The van der Waals surface area contributed by atoms with Crippen LogP contribution >= 0.6 is 0 Å². The van der Waals surface area contributed by atoms with Crippen molar-refractivity contribution in [3.8, 4) is 0 Å². The summed E-state index contributed by atoms with van der Waals surface area (Å²) in [7, 11) is 0. The summed E-state index contributed by atoms with van der Waals surface area (Å²) in [6, 6.07) is 0. The number of aliphatic hydroxyl groups excluding tert-OH is 7. The summed E-state index contributed by atoms with van der Waals surface area (Å²) >= 11 is 0. The molecule has 1 fully saturated rings. The minimum atomic E-state index is -0.919. The van der Waals surface area contributed by atoms with Gasteiger partial charge in [-0.15, -0.1) is 0 Å². The summed E-state index contributed by atoms with van der Waals surface area (Å²) < 4.78 is 0. The largest absolute Gasteiger partial charge is 0.394 e. The Labute approximate surface area is 131 Å². The lowest BCUT2D eigenvalue weighted by molar-refractivity contribution is -0.102. The normalized spacial score (nSPS) is 22.4. The van der Waals surface area contributed by atoms with E-state index in [1.807, 2.05) is 6.92 Å². The molecule has 4 atom stereocenters. The molecular formula is C15H32O7. The van der Waals surface area contributed by atoms with Gasteiger partial charge in [0.25, 0.3) is 0 Å². The third kappa shape index (κ3) is 6.45. The molecule has 0 aromatic rings. The first kappa shape index (κ1) is 21.7. The Hall–Kier alpha value is -0.280. The lowest BCUT2D eigenvalue weighted by atomic mass is 9.75. The molecule has 1 saturated carbocycles. The molecular weight excluding hydrogens is 292 g/mol.